The van der Waals surface area contributed by atoms with Crippen LogP contribution in [0.1, 0.15) is 11.3 Å². The highest BCUT2D eigenvalue weighted by Crippen LogP contribution is 2.11. The lowest BCUT2D eigenvalue weighted by Gasteiger charge is -2.08. The van der Waals surface area contributed by atoms with E-state index >= 15 is 0 Å². The number of hydrogen-bond donors (Lipinski definition) is 1. The van der Waals surface area contributed by atoms with E-state index in [2.05, 4.69) is 20.9 Å². The monoisotopic (exact) mass is 304 g/mol. The highest BCUT2D eigenvalue weighted by molar-refractivity contribution is 9.10. The Bertz CT molecular complexity index is 687. The molecule has 0 radical (unpaired) electrons. The Morgan fingerprint density at radius 2 is 2.33 bits per heavy atom. The van der Waals surface area contributed by atoms with Gasteiger partial charge in [0.1, 0.15) is 11.8 Å². The van der Waals surface area contributed by atoms with Crippen molar-refractivity contribution in [2.45, 2.75) is 6.54 Å². The van der Waals surface area contributed by atoms with Gasteiger partial charge in [-0.1, -0.05) is 6.07 Å². The Hall–Kier alpha value is -2.13. The van der Waals surface area contributed by atoms with E-state index < -0.39 is 0 Å². The number of pyridine rings is 2. The zero-order chi connectivity index (χ0) is 13.1. The molecule has 2 rings (SSSR count). The van der Waals surface area contributed by atoms with Crippen molar-refractivity contribution in [3.63, 3.8) is 0 Å². The molecule has 2 aromatic heterocycles. The Balaban J connectivity index is 2.47. The van der Waals surface area contributed by atoms with Gasteiger partial charge in [0.2, 0.25) is 0 Å². The summed E-state index contributed by atoms with van der Waals surface area (Å²) in [6.07, 6.45) is 3.08. The molecule has 0 bridgehead atoms. The van der Waals surface area contributed by atoms with Crippen molar-refractivity contribution in [3.8, 4) is 6.07 Å². The minimum absolute atomic E-state index is 0.197. The largest absolute Gasteiger partial charge is 0.398 e. The van der Waals surface area contributed by atoms with Crippen molar-refractivity contribution in [1.29, 1.82) is 5.26 Å². The van der Waals surface area contributed by atoms with E-state index in [1.54, 1.807) is 30.6 Å². The molecular weight excluding hydrogens is 296 g/mol. The summed E-state index contributed by atoms with van der Waals surface area (Å²) in [5.74, 6) is 0. The first kappa shape index (κ1) is 12.3. The predicted molar refractivity (Wildman–Crippen MR) is 70.9 cm³/mol. The SMILES string of the molecule is N#Cc1ncccc1Cn1cc(N)cc(Br)c1=O. The van der Waals surface area contributed by atoms with Crippen molar-refractivity contribution in [2.75, 3.05) is 5.73 Å². The molecule has 5 nitrogen and oxygen atoms in total. The number of anilines is 1. The Morgan fingerprint density at radius 3 is 3.06 bits per heavy atom. The van der Waals surface area contributed by atoms with Crippen LogP contribution in [0.15, 0.2) is 39.9 Å². The summed E-state index contributed by atoms with van der Waals surface area (Å²) in [5, 5.41) is 8.94. The van der Waals surface area contributed by atoms with E-state index in [1.165, 1.54) is 4.57 Å². The molecule has 90 valence electrons. The van der Waals surface area contributed by atoms with Crippen LogP contribution < -0.4 is 11.3 Å². The van der Waals surface area contributed by atoms with Crippen molar-refractivity contribution in [3.05, 3.63) is 56.7 Å². The second-order valence-electron chi connectivity index (χ2n) is 3.68. The van der Waals surface area contributed by atoms with Crippen LogP contribution >= 0.6 is 15.9 Å². The van der Waals surface area contributed by atoms with E-state index in [4.69, 9.17) is 11.0 Å². The lowest BCUT2D eigenvalue weighted by atomic mass is 10.2. The van der Waals surface area contributed by atoms with Gasteiger partial charge in [-0.15, -0.1) is 0 Å². The normalized spacial score (nSPS) is 10.0. The molecule has 0 saturated carbocycles. The maximum Gasteiger partial charge on any atom is 0.265 e. The number of rotatable bonds is 2. The molecule has 0 atom stereocenters. The van der Waals surface area contributed by atoms with Crippen molar-refractivity contribution < 1.29 is 0 Å². The van der Waals surface area contributed by atoms with Crippen LogP contribution in [0.3, 0.4) is 0 Å². The number of hydrogen-bond acceptors (Lipinski definition) is 4. The third kappa shape index (κ3) is 2.41. The Morgan fingerprint density at radius 1 is 1.56 bits per heavy atom. The molecule has 0 aliphatic carbocycles. The summed E-state index contributed by atoms with van der Waals surface area (Å²) in [6, 6.07) is 7.03. The van der Waals surface area contributed by atoms with E-state index in [0.29, 0.717) is 21.4 Å². The first-order valence-electron chi connectivity index (χ1n) is 5.11. The number of nitrogens with two attached hydrogens (primary N) is 1. The van der Waals surface area contributed by atoms with Gasteiger partial charge in [-0.25, -0.2) is 4.98 Å². The second kappa shape index (κ2) is 5.02. The molecule has 2 N–H and O–H groups in total. The van der Waals surface area contributed by atoms with Crippen LogP contribution in [0.5, 0.6) is 0 Å². The zero-order valence-electron chi connectivity index (χ0n) is 9.30. The highest BCUT2D eigenvalue weighted by Gasteiger charge is 2.07. The topological polar surface area (TPSA) is 84.7 Å². The van der Waals surface area contributed by atoms with E-state index in [-0.39, 0.29) is 12.1 Å². The Labute approximate surface area is 112 Å². The molecule has 6 heteroatoms. The molecule has 0 unspecified atom stereocenters. The summed E-state index contributed by atoms with van der Waals surface area (Å²) in [4.78, 5) is 15.8. The maximum absolute atomic E-state index is 11.9. The van der Waals surface area contributed by atoms with Gasteiger partial charge in [0.15, 0.2) is 0 Å². The summed E-state index contributed by atoms with van der Waals surface area (Å²) in [7, 11) is 0. The van der Waals surface area contributed by atoms with Crippen LogP contribution in [0.2, 0.25) is 0 Å². The Kier molecular flexibility index (Phi) is 3.44. The smallest absolute Gasteiger partial charge is 0.265 e. The van der Waals surface area contributed by atoms with Crippen LogP contribution in [0.25, 0.3) is 0 Å². The van der Waals surface area contributed by atoms with Crippen LogP contribution in [-0.2, 0) is 6.54 Å². The summed E-state index contributed by atoms with van der Waals surface area (Å²) >= 11 is 3.15. The lowest BCUT2D eigenvalue weighted by Crippen LogP contribution is -2.21. The number of aromatic nitrogens is 2. The summed E-state index contributed by atoms with van der Waals surface area (Å²) in [6.45, 7) is 0.263. The molecule has 2 aromatic rings. The highest BCUT2D eigenvalue weighted by atomic mass is 79.9. The fraction of sp³-hybridized carbons (Fsp3) is 0.0833. The number of nitriles is 1. The van der Waals surface area contributed by atoms with Gasteiger partial charge in [0.05, 0.1) is 11.0 Å². The molecule has 0 spiro atoms. The minimum atomic E-state index is -0.197. The second-order valence-corrected chi connectivity index (χ2v) is 4.53. The van der Waals surface area contributed by atoms with Gasteiger partial charge < -0.3 is 10.3 Å². The number of halogens is 1. The number of nitrogens with zero attached hydrogens (tertiary/aromatic N) is 3. The predicted octanol–water partition coefficient (Wildman–Crippen LogP) is 1.51. The first-order valence-corrected chi connectivity index (χ1v) is 5.90. The van der Waals surface area contributed by atoms with Gasteiger partial charge in [-0.3, -0.25) is 4.79 Å². The van der Waals surface area contributed by atoms with Crippen molar-refractivity contribution in [1.82, 2.24) is 9.55 Å². The van der Waals surface area contributed by atoms with Crippen LogP contribution in [0, 0.1) is 11.3 Å². The average molecular weight is 305 g/mol. The van der Waals surface area contributed by atoms with Gasteiger partial charge in [0, 0.05) is 23.6 Å². The molecule has 0 aliphatic heterocycles. The van der Waals surface area contributed by atoms with Crippen LogP contribution in [0.4, 0.5) is 5.69 Å². The minimum Gasteiger partial charge on any atom is -0.398 e. The van der Waals surface area contributed by atoms with Crippen molar-refractivity contribution >= 4 is 21.6 Å². The first-order chi connectivity index (χ1) is 8.61. The fourth-order valence-electron chi connectivity index (χ4n) is 1.59. The average Bonchev–Trinajstić information content (AvgIpc) is 2.36. The van der Waals surface area contributed by atoms with E-state index in [1.807, 2.05) is 6.07 Å². The summed E-state index contributed by atoms with van der Waals surface area (Å²) < 4.78 is 1.84. The molecule has 0 aliphatic rings. The third-order valence-electron chi connectivity index (χ3n) is 2.40. The van der Waals surface area contributed by atoms with E-state index in [9.17, 15) is 4.79 Å². The standard InChI is InChI=1S/C12H9BrN4O/c13-10-4-9(15)7-17(12(10)18)6-8-2-1-3-16-11(8)5-14/h1-4,7H,6,15H2. The zero-order valence-corrected chi connectivity index (χ0v) is 10.9. The van der Waals surface area contributed by atoms with Gasteiger partial charge >= 0.3 is 0 Å². The third-order valence-corrected chi connectivity index (χ3v) is 2.97. The quantitative estimate of drug-likeness (QED) is 0.911. The molecule has 0 amide bonds. The van der Waals surface area contributed by atoms with Crippen molar-refractivity contribution in [2.24, 2.45) is 0 Å². The van der Waals surface area contributed by atoms with Crippen LogP contribution in [-0.4, -0.2) is 9.55 Å². The molecule has 2 heterocycles. The van der Waals surface area contributed by atoms with Gasteiger partial charge in [-0.05, 0) is 28.1 Å². The number of nitrogen functional groups attached to an aromatic ring is 1. The van der Waals surface area contributed by atoms with Gasteiger partial charge in [-0.2, -0.15) is 5.26 Å². The van der Waals surface area contributed by atoms with E-state index in [0.717, 1.165) is 0 Å². The molecule has 0 saturated heterocycles. The lowest BCUT2D eigenvalue weighted by molar-refractivity contribution is 0.751. The molecular formula is C12H9BrN4O. The maximum atomic E-state index is 11.9. The molecule has 0 aromatic carbocycles. The fourth-order valence-corrected chi connectivity index (χ4v) is 2.08. The molecule has 18 heavy (non-hydrogen) atoms. The van der Waals surface area contributed by atoms with Gasteiger partial charge in [0.25, 0.3) is 5.56 Å². The molecule has 0 fully saturated rings. The summed E-state index contributed by atoms with van der Waals surface area (Å²) in [5.41, 5.74) is 6.95.